The van der Waals surface area contributed by atoms with E-state index in [4.69, 9.17) is 0 Å². The standard InChI is InChI=1S/C14H17N3O2S/c1-2-15-10-12-5-3-6-13(9-12)17-20(18,19)14-7-4-8-16-11-14/h3-9,11,15,17H,2,10H2,1H3. The fourth-order valence-electron chi connectivity index (χ4n) is 1.73. The zero-order valence-corrected chi connectivity index (χ0v) is 12.0. The van der Waals surface area contributed by atoms with Gasteiger partial charge in [0.1, 0.15) is 4.90 Å². The second-order valence-corrected chi connectivity index (χ2v) is 5.96. The van der Waals surface area contributed by atoms with Gasteiger partial charge >= 0.3 is 0 Å². The largest absolute Gasteiger partial charge is 0.313 e. The Balaban J connectivity index is 2.17. The van der Waals surface area contributed by atoms with E-state index in [9.17, 15) is 8.42 Å². The average Bonchev–Trinajstić information content (AvgIpc) is 2.46. The van der Waals surface area contributed by atoms with Crippen LogP contribution in [0.2, 0.25) is 0 Å². The van der Waals surface area contributed by atoms with Crippen LogP contribution in [0.3, 0.4) is 0 Å². The van der Waals surface area contributed by atoms with E-state index in [0.717, 1.165) is 12.1 Å². The van der Waals surface area contributed by atoms with Gasteiger partial charge < -0.3 is 5.32 Å². The van der Waals surface area contributed by atoms with Crippen molar-refractivity contribution < 1.29 is 8.42 Å². The number of benzene rings is 1. The molecule has 2 N–H and O–H groups in total. The minimum absolute atomic E-state index is 0.150. The van der Waals surface area contributed by atoms with Gasteiger partial charge in [0.15, 0.2) is 0 Å². The number of hydrogen-bond acceptors (Lipinski definition) is 4. The molecule has 1 aromatic heterocycles. The van der Waals surface area contributed by atoms with E-state index >= 15 is 0 Å². The first-order chi connectivity index (χ1) is 9.62. The molecule has 0 aliphatic heterocycles. The highest BCUT2D eigenvalue weighted by Gasteiger charge is 2.13. The lowest BCUT2D eigenvalue weighted by molar-refractivity contribution is 0.601. The van der Waals surface area contributed by atoms with Crippen LogP contribution >= 0.6 is 0 Å². The molecule has 0 aliphatic rings. The summed E-state index contributed by atoms with van der Waals surface area (Å²) in [6.45, 7) is 3.60. The zero-order chi connectivity index (χ0) is 14.4. The quantitative estimate of drug-likeness (QED) is 0.854. The molecule has 2 rings (SSSR count). The normalized spacial score (nSPS) is 11.2. The average molecular weight is 291 g/mol. The van der Waals surface area contributed by atoms with E-state index in [0.29, 0.717) is 12.2 Å². The molecule has 106 valence electrons. The van der Waals surface area contributed by atoms with E-state index in [-0.39, 0.29) is 4.90 Å². The van der Waals surface area contributed by atoms with E-state index in [2.05, 4.69) is 15.0 Å². The van der Waals surface area contributed by atoms with Gasteiger partial charge in [-0.2, -0.15) is 0 Å². The molecular formula is C14H17N3O2S. The summed E-state index contributed by atoms with van der Waals surface area (Å²) in [6.07, 6.45) is 2.86. The number of hydrogen-bond donors (Lipinski definition) is 2. The molecule has 1 aromatic carbocycles. The number of nitrogens with one attached hydrogen (secondary N) is 2. The molecule has 1 heterocycles. The Bertz CT molecular complexity index is 657. The van der Waals surface area contributed by atoms with Crippen LogP contribution in [0.15, 0.2) is 53.7 Å². The van der Waals surface area contributed by atoms with Gasteiger partial charge in [0.05, 0.1) is 0 Å². The van der Waals surface area contributed by atoms with E-state index in [1.165, 1.54) is 18.5 Å². The second kappa shape index (κ2) is 6.49. The molecule has 20 heavy (non-hydrogen) atoms. The van der Waals surface area contributed by atoms with Gasteiger partial charge in [0.25, 0.3) is 10.0 Å². The highest BCUT2D eigenvalue weighted by atomic mass is 32.2. The lowest BCUT2D eigenvalue weighted by Crippen LogP contribution is -2.14. The molecule has 2 aromatic rings. The third-order valence-electron chi connectivity index (χ3n) is 2.70. The molecule has 0 fully saturated rings. The molecule has 0 amide bonds. The number of rotatable bonds is 6. The summed E-state index contributed by atoms with van der Waals surface area (Å²) in [6, 6.07) is 10.4. The van der Waals surface area contributed by atoms with E-state index in [1.54, 1.807) is 12.1 Å². The van der Waals surface area contributed by atoms with Crippen LogP contribution in [0.5, 0.6) is 0 Å². The summed E-state index contributed by atoms with van der Waals surface area (Å²) >= 11 is 0. The van der Waals surface area contributed by atoms with Crippen molar-refractivity contribution in [3.8, 4) is 0 Å². The Morgan fingerprint density at radius 2 is 2.05 bits per heavy atom. The minimum Gasteiger partial charge on any atom is -0.313 e. The van der Waals surface area contributed by atoms with Crippen LogP contribution in [0, 0.1) is 0 Å². The fourth-order valence-corrected chi connectivity index (χ4v) is 2.75. The Morgan fingerprint density at radius 3 is 2.75 bits per heavy atom. The SMILES string of the molecule is CCNCc1cccc(NS(=O)(=O)c2cccnc2)c1. The van der Waals surface area contributed by atoms with E-state index in [1.807, 2.05) is 25.1 Å². The Kier molecular flexibility index (Phi) is 4.70. The van der Waals surface area contributed by atoms with E-state index < -0.39 is 10.0 Å². The molecule has 0 unspecified atom stereocenters. The van der Waals surface area contributed by atoms with Gasteiger partial charge in [0.2, 0.25) is 0 Å². The van der Waals surface area contributed by atoms with Crippen molar-refractivity contribution in [2.24, 2.45) is 0 Å². The third-order valence-corrected chi connectivity index (χ3v) is 4.07. The topological polar surface area (TPSA) is 71.1 Å². The summed E-state index contributed by atoms with van der Waals surface area (Å²) in [4.78, 5) is 3.97. The van der Waals surface area contributed by atoms with Gasteiger partial charge in [-0.25, -0.2) is 8.42 Å². The number of pyridine rings is 1. The van der Waals surface area contributed by atoms with Crippen molar-refractivity contribution in [3.63, 3.8) is 0 Å². The summed E-state index contributed by atoms with van der Waals surface area (Å²) in [5, 5.41) is 3.20. The van der Waals surface area contributed by atoms with Crippen molar-refractivity contribution in [3.05, 3.63) is 54.4 Å². The van der Waals surface area contributed by atoms with Crippen LogP contribution in [0.1, 0.15) is 12.5 Å². The van der Waals surface area contributed by atoms with Gasteiger partial charge in [-0.3, -0.25) is 9.71 Å². The predicted octanol–water partition coefficient (Wildman–Crippen LogP) is 1.99. The van der Waals surface area contributed by atoms with Crippen molar-refractivity contribution in [2.75, 3.05) is 11.3 Å². The van der Waals surface area contributed by atoms with Gasteiger partial charge in [-0.1, -0.05) is 19.1 Å². The molecule has 0 bridgehead atoms. The first-order valence-electron chi connectivity index (χ1n) is 6.34. The minimum atomic E-state index is -3.58. The van der Waals surface area contributed by atoms with Gasteiger partial charge in [-0.05, 0) is 36.4 Å². The molecule has 5 nitrogen and oxygen atoms in total. The van der Waals surface area contributed by atoms with Crippen LogP contribution in [0.4, 0.5) is 5.69 Å². The zero-order valence-electron chi connectivity index (χ0n) is 11.2. The molecule has 0 aliphatic carbocycles. The number of nitrogens with zero attached hydrogens (tertiary/aromatic N) is 1. The number of sulfonamides is 1. The van der Waals surface area contributed by atoms with Crippen molar-refractivity contribution in [2.45, 2.75) is 18.4 Å². The maximum Gasteiger partial charge on any atom is 0.263 e. The first-order valence-corrected chi connectivity index (χ1v) is 7.82. The van der Waals surface area contributed by atoms with Crippen molar-refractivity contribution >= 4 is 15.7 Å². The van der Waals surface area contributed by atoms with Crippen molar-refractivity contribution in [1.29, 1.82) is 0 Å². The van der Waals surface area contributed by atoms with Gasteiger partial charge in [-0.15, -0.1) is 0 Å². The third kappa shape index (κ3) is 3.79. The highest BCUT2D eigenvalue weighted by Crippen LogP contribution is 2.16. The molecule has 0 saturated carbocycles. The van der Waals surface area contributed by atoms with Crippen LogP contribution in [-0.2, 0) is 16.6 Å². The van der Waals surface area contributed by atoms with Gasteiger partial charge in [0, 0.05) is 24.6 Å². The van der Waals surface area contributed by atoms with Crippen LogP contribution in [-0.4, -0.2) is 19.9 Å². The smallest absolute Gasteiger partial charge is 0.263 e. The van der Waals surface area contributed by atoms with Crippen LogP contribution in [0.25, 0.3) is 0 Å². The monoisotopic (exact) mass is 291 g/mol. The highest BCUT2D eigenvalue weighted by molar-refractivity contribution is 7.92. The fraction of sp³-hybridized carbons (Fsp3) is 0.214. The lowest BCUT2D eigenvalue weighted by atomic mass is 10.2. The second-order valence-electron chi connectivity index (χ2n) is 4.27. The maximum atomic E-state index is 12.2. The Hall–Kier alpha value is -1.92. The summed E-state index contributed by atoms with van der Waals surface area (Å²) in [5.74, 6) is 0. The Labute approximate surface area is 119 Å². The summed E-state index contributed by atoms with van der Waals surface area (Å²) in [5.41, 5.74) is 1.57. The van der Waals surface area contributed by atoms with Crippen molar-refractivity contribution in [1.82, 2.24) is 10.3 Å². The molecule has 0 radical (unpaired) electrons. The maximum absolute atomic E-state index is 12.2. The lowest BCUT2D eigenvalue weighted by Gasteiger charge is -2.09. The first kappa shape index (κ1) is 14.5. The number of aromatic nitrogens is 1. The molecular weight excluding hydrogens is 274 g/mol. The molecule has 0 saturated heterocycles. The summed E-state index contributed by atoms with van der Waals surface area (Å²) < 4.78 is 26.9. The molecule has 0 spiro atoms. The number of anilines is 1. The predicted molar refractivity (Wildman–Crippen MR) is 78.9 cm³/mol. The summed E-state index contributed by atoms with van der Waals surface area (Å²) in [7, 11) is -3.58. The van der Waals surface area contributed by atoms with Crippen LogP contribution < -0.4 is 10.0 Å². The molecule has 0 atom stereocenters. The molecule has 6 heteroatoms. The Morgan fingerprint density at radius 1 is 1.20 bits per heavy atom.